The number of halogens is 3. The lowest BCUT2D eigenvalue weighted by Gasteiger charge is -2.13. The van der Waals surface area contributed by atoms with Crippen LogP contribution in [0.2, 0.25) is 0 Å². The lowest BCUT2D eigenvalue weighted by molar-refractivity contribution is -0.137. The Morgan fingerprint density at radius 2 is 1.76 bits per heavy atom. The Labute approximate surface area is 124 Å². The van der Waals surface area contributed by atoms with E-state index in [9.17, 15) is 13.2 Å². The van der Waals surface area contributed by atoms with Crippen molar-refractivity contribution in [3.8, 4) is 18.2 Å². The van der Waals surface area contributed by atoms with Gasteiger partial charge in [-0.1, -0.05) is 6.07 Å². The number of allylic oxidation sites excluding steroid dienone is 2. The van der Waals surface area contributed by atoms with Gasteiger partial charge in [-0.2, -0.15) is 41.6 Å². The number of nitriles is 3. The lowest BCUT2D eigenvalue weighted by atomic mass is 10.1. The molecule has 0 spiro atoms. The summed E-state index contributed by atoms with van der Waals surface area (Å²) in [4.78, 5) is 0. The molecule has 0 aliphatic rings. The monoisotopic (exact) mass is 308 g/mol. The Morgan fingerprint density at radius 3 is 2.19 bits per heavy atom. The van der Waals surface area contributed by atoms with Crippen LogP contribution in [0.15, 0.2) is 29.5 Å². The van der Waals surface area contributed by atoms with Gasteiger partial charge in [-0.15, -0.1) is 0 Å². The molecule has 0 fully saturated rings. The molecule has 4 nitrogen and oxygen atoms in total. The molecular weight excluding hydrogens is 301 g/mol. The highest BCUT2D eigenvalue weighted by molar-refractivity contribution is 7.79. The highest BCUT2D eigenvalue weighted by Gasteiger charge is 2.31. The number of rotatable bonds is 3. The number of hydrogen-bond donors (Lipinski definition) is 2. The lowest BCUT2D eigenvalue weighted by Crippen LogP contribution is -2.08. The maximum atomic E-state index is 12.7. The van der Waals surface area contributed by atoms with Crippen molar-refractivity contribution in [2.45, 2.75) is 11.9 Å². The van der Waals surface area contributed by atoms with Gasteiger partial charge in [0.25, 0.3) is 0 Å². The van der Waals surface area contributed by atoms with E-state index in [-0.39, 0.29) is 11.4 Å². The zero-order chi connectivity index (χ0) is 16.0. The molecule has 1 aromatic carbocycles. The van der Waals surface area contributed by atoms with Crippen molar-refractivity contribution in [3.05, 3.63) is 40.6 Å². The van der Waals surface area contributed by atoms with E-state index < -0.39 is 23.0 Å². The standard InChI is InChI=1S/C13H7F3N4S/c14-13(15,16)10-2-1-8(7-21)11(3-10)20-12(6-19)9(4-17)5-18/h1-3,20-21H,7H2. The van der Waals surface area contributed by atoms with Gasteiger partial charge in [0.15, 0.2) is 5.57 Å². The molecule has 0 heterocycles. The molecule has 106 valence electrons. The van der Waals surface area contributed by atoms with Gasteiger partial charge in [-0.3, -0.25) is 0 Å². The van der Waals surface area contributed by atoms with Gasteiger partial charge >= 0.3 is 6.18 Å². The van der Waals surface area contributed by atoms with E-state index in [0.717, 1.165) is 12.1 Å². The predicted octanol–water partition coefficient (Wildman–Crippen LogP) is 3.37. The van der Waals surface area contributed by atoms with E-state index in [1.807, 2.05) is 0 Å². The third-order valence-electron chi connectivity index (χ3n) is 2.45. The predicted molar refractivity (Wildman–Crippen MR) is 71.6 cm³/mol. The van der Waals surface area contributed by atoms with E-state index >= 15 is 0 Å². The molecule has 0 atom stereocenters. The number of nitrogens with zero attached hydrogens (tertiary/aromatic N) is 3. The van der Waals surface area contributed by atoms with Gasteiger partial charge in [0.2, 0.25) is 0 Å². The van der Waals surface area contributed by atoms with Gasteiger partial charge in [-0.25, -0.2) is 0 Å². The molecule has 0 aliphatic carbocycles. The van der Waals surface area contributed by atoms with E-state index in [4.69, 9.17) is 15.8 Å². The first-order chi connectivity index (χ1) is 9.87. The van der Waals surface area contributed by atoms with Crippen molar-refractivity contribution in [3.63, 3.8) is 0 Å². The van der Waals surface area contributed by atoms with Crippen LogP contribution >= 0.6 is 12.6 Å². The van der Waals surface area contributed by atoms with E-state index in [1.165, 1.54) is 18.2 Å². The summed E-state index contributed by atoms with van der Waals surface area (Å²) in [5.74, 6) is 0.119. The fourth-order valence-electron chi connectivity index (χ4n) is 1.42. The molecule has 1 aromatic rings. The molecule has 0 unspecified atom stereocenters. The van der Waals surface area contributed by atoms with Crippen LogP contribution in [0.4, 0.5) is 18.9 Å². The Kier molecular flexibility index (Phi) is 5.24. The van der Waals surface area contributed by atoms with Crippen LogP contribution in [-0.4, -0.2) is 0 Å². The summed E-state index contributed by atoms with van der Waals surface area (Å²) in [6, 6.07) is 7.48. The summed E-state index contributed by atoms with van der Waals surface area (Å²) < 4.78 is 38.1. The van der Waals surface area contributed by atoms with E-state index in [1.54, 1.807) is 6.07 Å². The number of thiol groups is 1. The number of benzene rings is 1. The molecular formula is C13H7F3N4S. The van der Waals surface area contributed by atoms with Crippen LogP contribution in [0.5, 0.6) is 0 Å². The van der Waals surface area contributed by atoms with Crippen molar-refractivity contribution in [1.29, 1.82) is 15.8 Å². The second-order valence-electron chi connectivity index (χ2n) is 3.74. The van der Waals surface area contributed by atoms with Crippen molar-refractivity contribution in [2.75, 3.05) is 5.32 Å². The first-order valence-electron chi connectivity index (χ1n) is 5.40. The van der Waals surface area contributed by atoms with Crippen LogP contribution in [-0.2, 0) is 11.9 Å². The number of alkyl halides is 3. The smallest absolute Gasteiger partial charge is 0.345 e. The van der Waals surface area contributed by atoms with Crippen LogP contribution in [0, 0.1) is 34.0 Å². The zero-order valence-corrected chi connectivity index (χ0v) is 11.3. The second kappa shape index (κ2) is 6.69. The molecule has 1 N–H and O–H groups in total. The molecule has 8 heteroatoms. The third-order valence-corrected chi connectivity index (χ3v) is 2.79. The molecule has 0 saturated carbocycles. The molecule has 21 heavy (non-hydrogen) atoms. The SMILES string of the molecule is N#CC(C#N)=C(C#N)Nc1cc(C(F)(F)F)ccc1CS. The number of anilines is 1. The minimum Gasteiger partial charge on any atom is -0.345 e. The molecule has 0 bridgehead atoms. The summed E-state index contributed by atoms with van der Waals surface area (Å²) in [5, 5.41) is 28.7. The fraction of sp³-hybridized carbons (Fsp3) is 0.154. The third kappa shape index (κ3) is 3.92. The van der Waals surface area contributed by atoms with Gasteiger partial charge < -0.3 is 5.32 Å². The van der Waals surface area contributed by atoms with Crippen LogP contribution in [0.1, 0.15) is 11.1 Å². The minimum atomic E-state index is -4.55. The van der Waals surface area contributed by atoms with Crippen molar-refractivity contribution in [1.82, 2.24) is 0 Å². The number of hydrogen-bond acceptors (Lipinski definition) is 5. The van der Waals surface area contributed by atoms with Crippen molar-refractivity contribution in [2.24, 2.45) is 0 Å². The Bertz CT molecular complexity index is 686. The molecule has 0 aliphatic heterocycles. The summed E-state index contributed by atoms with van der Waals surface area (Å²) in [5.41, 5.74) is -1.47. The molecule has 0 amide bonds. The van der Waals surface area contributed by atoms with Crippen molar-refractivity contribution >= 4 is 18.3 Å². The molecule has 0 aromatic heterocycles. The highest BCUT2D eigenvalue weighted by Crippen LogP contribution is 2.33. The quantitative estimate of drug-likeness (QED) is 0.662. The van der Waals surface area contributed by atoms with Crippen molar-refractivity contribution < 1.29 is 13.2 Å². The summed E-state index contributed by atoms with van der Waals surface area (Å²) in [6.07, 6.45) is -4.55. The highest BCUT2D eigenvalue weighted by atomic mass is 32.1. The zero-order valence-electron chi connectivity index (χ0n) is 10.4. The fourth-order valence-corrected chi connectivity index (χ4v) is 1.70. The minimum absolute atomic E-state index is 0.0284. The maximum absolute atomic E-state index is 12.7. The van der Waals surface area contributed by atoms with Gasteiger partial charge in [0, 0.05) is 11.4 Å². The Hall–Kier alpha value is -2.63. The molecule has 0 radical (unpaired) electrons. The molecule has 0 saturated heterocycles. The Morgan fingerprint density at radius 1 is 1.14 bits per heavy atom. The van der Waals surface area contributed by atoms with Crippen LogP contribution < -0.4 is 5.32 Å². The molecule has 1 rings (SSSR count). The first-order valence-corrected chi connectivity index (χ1v) is 6.03. The summed E-state index contributed by atoms with van der Waals surface area (Å²) >= 11 is 3.99. The van der Waals surface area contributed by atoms with Gasteiger partial charge in [-0.05, 0) is 17.7 Å². The van der Waals surface area contributed by atoms with Gasteiger partial charge in [0.05, 0.1) is 5.56 Å². The van der Waals surface area contributed by atoms with E-state index in [2.05, 4.69) is 17.9 Å². The Balaban J connectivity index is 3.37. The normalized spacial score (nSPS) is 9.95. The maximum Gasteiger partial charge on any atom is 0.416 e. The first kappa shape index (κ1) is 16.4. The average molecular weight is 308 g/mol. The van der Waals surface area contributed by atoms with Crippen LogP contribution in [0.25, 0.3) is 0 Å². The van der Waals surface area contributed by atoms with E-state index in [0.29, 0.717) is 5.56 Å². The number of nitrogens with one attached hydrogen (secondary N) is 1. The van der Waals surface area contributed by atoms with Gasteiger partial charge in [0.1, 0.15) is 23.9 Å². The summed E-state index contributed by atoms with van der Waals surface area (Å²) in [7, 11) is 0. The second-order valence-corrected chi connectivity index (χ2v) is 4.05. The summed E-state index contributed by atoms with van der Waals surface area (Å²) in [6.45, 7) is 0. The van der Waals surface area contributed by atoms with Crippen LogP contribution in [0.3, 0.4) is 0 Å². The largest absolute Gasteiger partial charge is 0.416 e. The topological polar surface area (TPSA) is 83.4 Å². The average Bonchev–Trinajstić information content (AvgIpc) is 2.46.